The van der Waals surface area contributed by atoms with Gasteiger partial charge in [0.25, 0.3) is 0 Å². The van der Waals surface area contributed by atoms with Gasteiger partial charge in [-0.15, -0.1) is 0 Å². The van der Waals surface area contributed by atoms with E-state index in [0.717, 1.165) is 5.56 Å². The summed E-state index contributed by atoms with van der Waals surface area (Å²) in [6, 6.07) is 5.44. The van der Waals surface area contributed by atoms with E-state index in [4.69, 9.17) is 4.74 Å². The van der Waals surface area contributed by atoms with Crippen LogP contribution >= 0.6 is 0 Å². The van der Waals surface area contributed by atoms with Gasteiger partial charge >= 0.3 is 127 Å². The third-order valence-corrected chi connectivity index (χ3v) is 6.48. The molecule has 1 aromatic carbocycles. The molecule has 1 unspecified atom stereocenters. The molecule has 0 aliphatic carbocycles. The van der Waals surface area contributed by atoms with Crippen LogP contribution in [0.4, 0.5) is 0 Å². The second-order valence-electron chi connectivity index (χ2n) is 5.06. The van der Waals surface area contributed by atoms with Crippen LogP contribution in [-0.4, -0.2) is 27.1 Å². The molecule has 1 saturated heterocycles. The molecule has 1 aromatic rings. The first-order chi connectivity index (χ1) is 9.61. The van der Waals surface area contributed by atoms with Crippen LogP contribution in [0.5, 0.6) is 5.75 Å². The SMILES string of the molecule is COc1cccc2c1CB(C1CCC(=O)[I-]C1=O)C2=O. The fraction of sp³-hybridized carbons (Fsp3) is 0.357. The topological polar surface area (TPSA) is 60.4 Å². The molecule has 4 nitrogen and oxygen atoms in total. The van der Waals surface area contributed by atoms with Gasteiger partial charge in [0.1, 0.15) is 0 Å². The molecule has 0 amide bonds. The fourth-order valence-electron chi connectivity index (χ4n) is 3.00. The molecular formula is C14H13BIO4-. The molecule has 0 spiro atoms. The number of hydrogen-bond acceptors (Lipinski definition) is 4. The molecule has 3 rings (SSSR count). The molecular weight excluding hydrogens is 370 g/mol. The summed E-state index contributed by atoms with van der Waals surface area (Å²) in [4.78, 5) is 36.0. The van der Waals surface area contributed by atoms with Gasteiger partial charge in [0.05, 0.1) is 0 Å². The van der Waals surface area contributed by atoms with Crippen LogP contribution < -0.4 is 25.9 Å². The summed E-state index contributed by atoms with van der Waals surface area (Å²) in [5.41, 5.74) is 1.63. The molecule has 20 heavy (non-hydrogen) atoms. The normalized spacial score (nSPS) is 22.6. The fourth-order valence-corrected chi connectivity index (χ4v) is 5.32. The molecule has 1 fully saturated rings. The third kappa shape index (κ3) is 2.19. The van der Waals surface area contributed by atoms with Crippen LogP contribution in [0, 0.1) is 0 Å². The Labute approximate surface area is 127 Å². The molecule has 2 heterocycles. The van der Waals surface area contributed by atoms with E-state index >= 15 is 0 Å². The molecule has 104 valence electrons. The summed E-state index contributed by atoms with van der Waals surface area (Å²) in [7, 11) is 1.59. The predicted octanol–water partition coefficient (Wildman–Crippen LogP) is -1.69. The summed E-state index contributed by atoms with van der Waals surface area (Å²) >= 11 is -1.04. The van der Waals surface area contributed by atoms with E-state index in [1.165, 1.54) is 0 Å². The van der Waals surface area contributed by atoms with Crippen molar-refractivity contribution in [2.45, 2.75) is 25.0 Å². The van der Waals surface area contributed by atoms with Crippen LogP contribution in [-0.2, 0) is 15.9 Å². The number of methoxy groups -OCH3 is 1. The first-order valence-corrected chi connectivity index (χ1v) is 8.69. The number of hydrogen-bond donors (Lipinski definition) is 0. The van der Waals surface area contributed by atoms with Crippen LogP contribution in [0.1, 0.15) is 28.8 Å². The molecule has 0 saturated carbocycles. The molecule has 6 heteroatoms. The van der Waals surface area contributed by atoms with Gasteiger partial charge < -0.3 is 0 Å². The number of ether oxygens (including phenoxy) is 1. The Balaban J connectivity index is 1.90. The Morgan fingerprint density at radius 3 is 2.80 bits per heavy atom. The van der Waals surface area contributed by atoms with E-state index in [-0.39, 0.29) is 25.8 Å². The average molecular weight is 383 g/mol. The average Bonchev–Trinajstić information content (AvgIpc) is 2.76. The molecule has 2 aliphatic rings. The van der Waals surface area contributed by atoms with Crippen LogP contribution in [0.15, 0.2) is 18.2 Å². The number of fused-ring (bicyclic) bond motifs is 1. The Hall–Kier alpha value is -1.18. The first kappa shape index (κ1) is 13.8. The van der Waals surface area contributed by atoms with Gasteiger partial charge in [-0.2, -0.15) is 0 Å². The van der Waals surface area contributed by atoms with Crippen LogP contribution in [0.3, 0.4) is 0 Å². The van der Waals surface area contributed by atoms with E-state index in [1.54, 1.807) is 19.2 Å². The van der Waals surface area contributed by atoms with Crippen molar-refractivity contribution in [2.24, 2.45) is 0 Å². The van der Waals surface area contributed by atoms with Gasteiger partial charge in [0.2, 0.25) is 0 Å². The van der Waals surface area contributed by atoms with Crippen molar-refractivity contribution in [3.05, 3.63) is 29.3 Å². The van der Waals surface area contributed by atoms with Gasteiger partial charge in [0, 0.05) is 0 Å². The molecule has 1 atom stereocenters. The first-order valence-electron chi connectivity index (χ1n) is 6.53. The van der Waals surface area contributed by atoms with Crippen molar-refractivity contribution in [1.82, 2.24) is 0 Å². The van der Waals surface area contributed by atoms with E-state index in [0.29, 0.717) is 30.5 Å². The van der Waals surface area contributed by atoms with Gasteiger partial charge in [-0.3, -0.25) is 0 Å². The number of rotatable bonds is 2. The van der Waals surface area contributed by atoms with Crippen molar-refractivity contribution >= 4 is 20.0 Å². The molecule has 0 radical (unpaired) electrons. The molecule has 0 bridgehead atoms. The molecule has 0 aromatic heterocycles. The minimum absolute atomic E-state index is 0.0326. The summed E-state index contributed by atoms with van der Waals surface area (Å²) in [6.45, 7) is -0.290. The van der Waals surface area contributed by atoms with Gasteiger partial charge in [-0.05, 0) is 0 Å². The second-order valence-corrected chi connectivity index (χ2v) is 7.87. The van der Waals surface area contributed by atoms with Crippen molar-refractivity contribution in [1.29, 1.82) is 0 Å². The summed E-state index contributed by atoms with van der Waals surface area (Å²) in [5.74, 6) is 0.456. The van der Waals surface area contributed by atoms with Crippen LogP contribution in [0.25, 0.3) is 0 Å². The maximum atomic E-state index is 12.5. The van der Waals surface area contributed by atoms with E-state index in [9.17, 15) is 14.4 Å². The Kier molecular flexibility index (Phi) is 3.66. The van der Waals surface area contributed by atoms with Gasteiger partial charge in [-0.25, -0.2) is 0 Å². The monoisotopic (exact) mass is 383 g/mol. The third-order valence-electron chi connectivity index (χ3n) is 4.01. The van der Waals surface area contributed by atoms with E-state index in [1.807, 2.05) is 6.07 Å². The quantitative estimate of drug-likeness (QED) is 0.348. The Bertz CT molecular complexity index is 613. The Morgan fingerprint density at radius 2 is 2.10 bits per heavy atom. The van der Waals surface area contributed by atoms with Gasteiger partial charge in [0.15, 0.2) is 0 Å². The summed E-state index contributed by atoms with van der Waals surface area (Å²) < 4.78 is 5.44. The maximum absolute atomic E-state index is 12.5. The predicted molar refractivity (Wildman–Crippen MR) is 69.8 cm³/mol. The minimum atomic E-state index is -1.04. The zero-order chi connectivity index (χ0) is 14.3. The number of carbonyl (C=O) groups is 3. The van der Waals surface area contributed by atoms with E-state index < -0.39 is 21.2 Å². The van der Waals surface area contributed by atoms with Crippen molar-refractivity contribution < 1.29 is 40.3 Å². The van der Waals surface area contributed by atoms with Crippen molar-refractivity contribution in [3.8, 4) is 5.75 Å². The van der Waals surface area contributed by atoms with E-state index in [2.05, 4.69) is 0 Å². The van der Waals surface area contributed by atoms with Crippen molar-refractivity contribution in [2.75, 3.05) is 7.11 Å². The van der Waals surface area contributed by atoms with Crippen molar-refractivity contribution in [3.63, 3.8) is 0 Å². The number of carbonyl (C=O) groups excluding carboxylic acids is 3. The number of benzene rings is 1. The Morgan fingerprint density at radius 1 is 1.30 bits per heavy atom. The summed E-state index contributed by atoms with van der Waals surface area (Å²) in [5, 5.41) is 0. The standard InChI is InChI=1S/C14H13BIO4/c1-20-11-4-2-3-8-9(11)7-15(13(8)18)10-5-6-12(17)16-14(10)19/h2-4,10H,5-7H2,1H3/q-1. The van der Waals surface area contributed by atoms with Crippen LogP contribution in [0.2, 0.25) is 5.82 Å². The summed E-state index contributed by atoms with van der Waals surface area (Å²) in [6.07, 6.45) is 1.55. The molecule has 2 aliphatic heterocycles. The molecule has 0 N–H and O–H groups in total. The number of halogens is 1. The second kappa shape index (κ2) is 5.31. The zero-order valence-electron chi connectivity index (χ0n) is 11.0. The zero-order valence-corrected chi connectivity index (χ0v) is 13.2. The van der Waals surface area contributed by atoms with Gasteiger partial charge in [-0.1, -0.05) is 0 Å².